The van der Waals surface area contributed by atoms with Crippen LogP contribution in [0.2, 0.25) is 0 Å². The average Bonchev–Trinajstić information content (AvgIpc) is 2.16. The number of hydrogen-bond acceptors (Lipinski definition) is 3. The Bertz CT molecular complexity index is 316. The van der Waals surface area contributed by atoms with Gasteiger partial charge in [-0.1, -0.05) is 0 Å². The van der Waals surface area contributed by atoms with Crippen LogP contribution in [-0.2, 0) is 9.84 Å². The van der Waals surface area contributed by atoms with E-state index in [0.29, 0.717) is 11.5 Å². The number of terminal acetylenes is 1. The van der Waals surface area contributed by atoms with Gasteiger partial charge in [0.15, 0.2) is 9.84 Å². The lowest BCUT2D eigenvalue weighted by molar-refractivity contribution is 0.473. The van der Waals surface area contributed by atoms with Crippen LogP contribution < -0.4 is 5.32 Å². The fourth-order valence-corrected chi connectivity index (χ4v) is 3.51. The minimum absolute atomic E-state index is 0.162. The molecule has 0 aromatic rings. The van der Waals surface area contributed by atoms with Gasteiger partial charge in [0.25, 0.3) is 0 Å². The van der Waals surface area contributed by atoms with Crippen LogP contribution in [0.15, 0.2) is 0 Å². The zero-order chi connectivity index (χ0) is 11.1. The SMILES string of the molecule is C#CCCCCNC1CCCS(=O)(=O)C1. The molecule has 0 aliphatic carbocycles. The zero-order valence-electron chi connectivity index (χ0n) is 9.04. The fourth-order valence-electron chi connectivity index (χ4n) is 1.84. The molecule has 1 aliphatic rings. The standard InChI is InChI=1S/C11H19NO2S/c1-2-3-4-5-8-12-11-7-6-9-15(13,14)10-11/h1,11-12H,3-10H2. The summed E-state index contributed by atoms with van der Waals surface area (Å²) >= 11 is 0. The maximum Gasteiger partial charge on any atom is 0.151 e. The van der Waals surface area contributed by atoms with Crippen molar-refractivity contribution < 1.29 is 8.42 Å². The van der Waals surface area contributed by atoms with Crippen molar-refractivity contribution in [2.24, 2.45) is 0 Å². The van der Waals surface area contributed by atoms with Crippen LogP contribution in [0.5, 0.6) is 0 Å². The third-order valence-corrected chi connectivity index (χ3v) is 4.46. The van der Waals surface area contributed by atoms with Crippen LogP contribution in [0, 0.1) is 12.3 Å². The van der Waals surface area contributed by atoms with E-state index in [1.54, 1.807) is 0 Å². The van der Waals surface area contributed by atoms with Crippen LogP contribution in [0.1, 0.15) is 32.1 Å². The Morgan fingerprint density at radius 2 is 2.20 bits per heavy atom. The Morgan fingerprint density at radius 3 is 2.87 bits per heavy atom. The van der Waals surface area contributed by atoms with Gasteiger partial charge in [0.2, 0.25) is 0 Å². The monoisotopic (exact) mass is 229 g/mol. The topological polar surface area (TPSA) is 46.2 Å². The Labute approximate surface area is 92.6 Å². The van der Waals surface area contributed by atoms with Crippen LogP contribution in [-0.4, -0.2) is 32.5 Å². The van der Waals surface area contributed by atoms with E-state index >= 15 is 0 Å². The maximum absolute atomic E-state index is 11.3. The van der Waals surface area contributed by atoms with Crippen LogP contribution >= 0.6 is 0 Å². The highest BCUT2D eigenvalue weighted by atomic mass is 32.2. The summed E-state index contributed by atoms with van der Waals surface area (Å²) in [4.78, 5) is 0. The molecule has 0 aromatic carbocycles. The van der Waals surface area contributed by atoms with E-state index in [-0.39, 0.29) is 6.04 Å². The van der Waals surface area contributed by atoms with Crippen LogP contribution in [0.4, 0.5) is 0 Å². The molecule has 1 fully saturated rings. The lowest BCUT2D eigenvalue weighted by atomic mass is 10.1. The van der Waals surface area contributed by atoms with E-state index in [9.17, 15) is 8.42 Å². The maximum atomic E-state index is 11.3. The molecule has 4 heteroatoms. The molecule has 0 bridgehead atoms. The summed E-state index contributed by atoms with van der Waals surface area (Å²) < 4.78 is 22.7. The average molecular weight is 229 g/mol. The number of sulfone groups is 1. The molecule has 1 aliphatic heterocycles. The molecule has 1 atom stereocenters. The first-order valence-corrected chi connectivity index (χ1v) is 7.33. The van der Waals surface area contributed by atoms with Gasteiger partial charge in [-0.2, -0.15) is 0 Å². The molecule has 0 aromatic heterocycles. The molecule has 3 nitrogen and oxygen atoms in total. The number of hydrogen-bond donors (Lipinski definition) is 1. The zero-order valence-corrected chi connectivity index (χ0v) is 9.85. The Balaban J connectivity index is 2.14. The van der Waals surface area contributed by atoms with E-state index in [2.05, 4.69) is 11.2 Å². The number of unbranched alkanes of at least 4 members (excludes halogenated alkanes) is 2. The smallest absolute Gasteiger partial charge is 0.151 e. The molecule has 1 N–H and O–H groups in total. The largest absolute Gasteiger partial charge is 0.313 e. The molecule has 1 saturated heterocycles. The van der Waals surface area contributed by atoms with Gasteiger partial charge >= 0.3 is 0 Å². The second-order valence-corrected chi connectivity index (χ2v) is 6.30. The number of rotatable bonds is 5. The first kappa shape index (κ1) is 12.5. The van der Waals surface area contributed by atoms with Gasteiger partial charge in [-0.05, 0) is 32.2 Å². The lowest BCUT2D eigenvalue weighted by Crippen LogP contribution is -2.40. The van der Waals surface area contributed by atoms with E-state index < -0.39 is 9.84 Å². The minimum atomic E-state index is -2.77. The van der Waals surface area contributed by atoms with Gasteiger partial charge in [0, 0.05) is 12.5 Å². The van der Waals surface area contributed by atoms with Crippen molar-refractivity contribution >= 4 is 9.84 Å². The molecule has 15 heavy (non-hydrogen) atoms. The number of nitrogens with one attached hydrogen (secondary N) is 1. The predicted octanol–water partition coefficient (Wildman–Crippen LogP) is 0.957. The highest BCUT2D eigenvalue weighted by Crippen LogP contribution is 2.11. The van der Waals surface area contributed by atoms with Crippen molar-refractivity contribution in [3.8, 4) is 12.3 Å². The van der Waals surface area contributed by atoms with Crippen molar-refractivity contribution in [1.29, 1.82) is 0 Å². The van der Waals surface area contributed by atoms with Crippen molar-refractivity contribution in [1.82, 2.24) is 5.32 Å². The molecule has 0 radical (unpaired) electrons. The Kier molecular flexibility index (Phi) is 5.13. The highest BCUT2D eigenvalue weighted by Gasteiger charge is 2.23. The lowest BCUT2D eigenvalue weighted by Gasteiger charge is -2.22. The van der Waals surface area contributed by atoms with Gasteiger partial charge in [0.05, 0.1) is 11.5 Å². The molecular weight excluding hydrogens is 210 g/mol. The summed E-state index contributed by atoms with van der Waals surface area (Å²) in [5.74, 6) is 3.27. The third-order valence-electron chi connectivity index (χ3n) is 2.64. The fraction of sp³-hybridized carbons (Fsp3) is 0.818. The van der Waals surface area contributed by atoms with E-state index in [1.807, 2.05) is 0 Å². The van der Waals surface area contributed by atoms with Crippen LogP contribution in [0.25, 0.3) is 0 Å². The van der Waals surface area contributed by atoms with Crippen molar-refractivity contribution in [2.75, 3.05) is 18.1 Å². The van der Waals surface area contributed by atoms with Gasteiger partial charge in [-0.3, -0.25) is 0 Å². The summed E-state index contributed by atoms with van der Waals surface area (Å²) in [6, 6.07) is 0.162. The highest BCUT2D eigenvalue weighted by molar-refractivity contribution is 7.91. The quantitative estimate of drug-likeness (QED) is 0.564. The Hall–Kier alpha value is -0.530. The molecule has 0 spiro atoms. The summed E-state index contributed by atoms with van der Waals surface area (Å²) in [7, 11) is -2.77. The summed E-state index contributed by atoms with van der Waals surface area (Å²) in [5, 5.41) is 3.29. The summed E-state index contributed by atoms with van der Waals surface area (Å²) in [6.07, 6.45) is 9.77. The van der Waals surface area contributed by atoms with Crippen molar-refractivity contribution in [3.05, 3.63) is 0 Å². The first-order chi connectivity index (χ1) is 7.14. The molecular formula is C11H19NO2S. The molecule has 86 valence electrons. The van der Waals surface area contributed by atoms with Gasteiger partial charge in [-0.25, -0.2) is 8.42 Å². The van der Waals surface area contributed by atoms with Crippen LogP contribution in [0.3, 0.4) is 0 Å². The van der Waals surface area contributed by atoms with Gasteiger partial charge < -0.3 is 5.32 Å². The molecule has 1 rings (SSSR count). The van der Waals surface area contributed by atoms with Gasteiger partial charge in [0.1, 0.15) is 0 Å². The van der Waals surface area contributed by atoms with E-state index in [0.717, 1.165) is 38.6 Å². The van der Waals surface area contributed by atoms with Gasteiger partial charge in [-0.15, -0.1) is 12.3 Å². The third kappa shape index (κ3) is 5.19. The van der Waals surface area contributed by atoms with E-state index in [1.165, 1.54) is 0 Å². The minimum Gasteiger partial charge on any atom is -0.313 e. The second-order valence-electron chi connectivity index (χ2n) is 4.07. The summed E-state index contributed by atoms with van der Waals surface area (Å²) in [6.45, 7) is 0.877. The normalized spacial score (nSPS) is 24.6. The Morgan fingerprint density at radius 1 is 1.40 bits per heavy atom. The van der Waals surface area contributed by atoms with E-state index in [4.69, 9.17) is 6.42 Å². The second kappa shape index (κ2) is 6.14. The van der Waals surface area contributed by atoms with Crippen molar-refractivity contribution in [2.45, 2.75) is 38.1 Å². The van der Waals surface area contributed by atoms with Crippen molar-refractivity contribution in [3.63, 3.8) is 0 Å². The predicted molar refractivity (Wildman–Crippen MR) is 62.4 cm³/mol. The molecule has 1 heterocycles. The molecule has 1 unspecified atom stereocenters. The first-order valence-electron chi connectivity index (χ1n) is 5.51. The molecule has 0 amide bonds. The summed E-state index contributed by atoms with van der Waals surface area (Å²) in [5.41, 5.74) is 0. The molecule has 0 saturated carbocycles.